The Kier molecular flexibility index (Phi) is 2.87. The predicted molar refractivity (Wildman–Crippen MR) is 66.0 cm³/mol. The number of amides is 1. The summed E-state index contributed by atoms with van der Waals surface area (Å²) in [5, 5.41) is 13.4. The minimum atomic E-state index is -0.121. The van der Waals surface area contributed by atoms with Gasteiger partial charge in [-0.1, -0.05) is 32.4 Å². The third-order valence-electron chi connectivity index (χ3n) is 2.48. The highest BCUT2D eigenvalue weighted by Gasteiger charge is 2.32. The zero-order valence-electron chi connectivity index (χ0n) is 9.94. The number of carbonyl (C=O) groups is 1. The molecule has 0 radical (unpaired) electrons. The lowest BCUT2D eigenvalue weighted by Crippen LogP contribution is -2.21. The van der Waals surface area contributed by atoms with Gasteiger partial charge in [0.2, 0.25) is 0 Å². The number of hydrogen-bond donors (Lipinski definition) is 0. The van der Waals surface area contributed by atoms with Crippen LogP contribution in [0.5, 0.6) is 0 Å². The van der Waals surface area contributed by atoms with E-state index in [1.165, 1.54) is 5.01 Å². The zero-order valence-corrected chi connectivity index (χ0v) is 10.7. The topological polar surface area (TPSA) is 58.5 Å². The summed E-state index contributed by atoms with van der Waals surface area (Å²) in [6.07, 6.45) is 0.327. The molecule has 0 N–H and O–H groups in total. The van der Waals surface area contributed by atoms with Gasteiger partial charge in [0.25, 0.3) is 5.91 Å². The van der Waals surface area contributed by atoms with Crippen LogP contribution in [0.1, 0.15) is 27.2 Å². The molecule has 0 saturated heterocycles. The molecule has 0 bridgehead atoms. The van der Waals surface area contributed by atoms with E-state index in [1.807, 2.05) is 20.8 Å². The smallest absolute Gasteiger partial charge is 0.254 e. The van der Waals surface area contributed by atoms with E-state index < -0.39 is 0 Å². The average molecular weight is 253 g/mol. The number of hydrogen-bond acceptors (Lipinski definition) is 4. The van der Waals surface area contributed by atoms with Gasteiger partial charge in [-0.15, -0.1) is 10.2 Å². The van der Waals surface area contributed by atoms with Crippen molar-refractivity contribution in [3.05, 3.63) is 17.3 Å². The molecule has 0 atom stereocenters. The minimum absolute atomic E-state index is 0.0912. The van der Waals surface area contributed by atoms with E-state index in [-0.39, 0.29) is 11.3 Å². The van der Waals surface area contributed by atoms with Gasteiger partial charge in [0, 0.05) is 5.41 Å². The van der Waals surface area contributed by atoms with Crippen LogP contribution in [0.25, 0.3) is 0 Å². The summed E-state index contributed by atoms with van der Waals surface area (Å²) in [4.78, 5) is 11.8. The van der Waals surface area contributed by atoms with E-state index in [0.29, 0.717) is 17.4 Å². The van der Waals surface area contributed by atoms with Crippen molar-refractivity contribution in [2.24, 2.45) is 10.5 Å². The molecule has 1 aromatic rings. The largest absolute Gasteiger partial charge is 0.272 e. The number of carbonyl (C=O) groups excluding carboxylic acids is 1. The summed E-state index contributed by atoms with van der Waals surface area (Å²) in [6, 6.07) is 3.21. The molecule has 0 spiro atoms. The standard InChI is InChI=1S/C11H13ClN4O/c1-11(2,3)7-6-10(17)16(15-7)9-5-4-8(12)13-14-9/h4-5H,6H2,1-3H3. The number of anilines is 1. The maximum Gasteiger partial charge on any atom is 0.254 e. The number of nitrogens with zero attached hydrogens (tertiary/aromatic N) is 4. The zero-order chi connectivity index (χ0) is 12.6. The molecule has 6 heteroatoms. The van der Waals surface area contributed by atoms with Crippen LogP contribution in [0, 0.1) is 5.41 Å². The maximum absolute atomic E-state index is 11.8. The highest BCUT2D eigenvalue weighted by atomic mass is 35.5. The fraction of sp³-hybridized carbons (Fsp3) is 0.455. The molecule has 1 amide bonds. The molecular formula is C11H13ClN4O. The van der Waals surface area contributed by atoms with Crippen LogP contribution in [-0.2, 0) is 4.79 Å². The van der Waals surface area contributed by atoms with E-state index in [1.54, 1.807) is 12.1 Å². The van der Waals surface area contributed by atoms with Crippen molar-refractivity contribution in [2.45, 2.75) is 27.2 Å². The van der Waals surface area contributed by atoms with Crippen molar-refractivity contribution in [1.29, 1.82) is 0 Å². The van der Waals surface area contributed by atoms with Crippen LogP contribution in [0.15, 0.2) is 17.2 Å². The molecule has 1 aliphatic heterocycles. The molecule has 90 valence electrons. The third-order valence-corrected chi connectivity index (χ3v) is 2.68. The molecular weight excluding hydrogens is 240 g/mol. The van der Waals surface area contributed by atoms with Crippen LogP contribution in [-0.4, -0.2) is 21.8 Å². The van der Waals surface area contributed by atoms with Gasteiger partial charge < -0.3 is 0 Å². The van der Waals surface area contributed by atoms with Gasteiger partial charge in [-0.25, -0.2) is 0 Å². The molecule has 1 aromatic heterocycles. The molecule has 0 aromatic carbocycles. The van der Waals surface area contributed by atoms with E-state index in [2.05, 4.69) is 15.3 Å². The second kappa shape index (κ2) is 4.07. The van der Waals surface area contributed by atoms with Crippen molar-refractivity contribution < 1.29 is 4.79 Å². The summed E-state index contributed by atoms with van der Waals surface area (Å²) in [5.74, 6) is 0.310. The van der Waals surface area contributed by atoms with Gasteiger partial charge in [0.1, 0.15) is 0 Å². The highest BCUT2D eigenvalue weighted by Crippen LogP contribution is 2.26. The number of hydrazone groups is 1. The Balaban J connectivity index is 2.31. The van der Waals surface area contributed by atoms with Gasteiger partial charge in [0.15, 0.2) is 11.0 Å². The number of aromatic nitrogens is 2. The Labute approximate surface area is 104 Å². The van der Waals surface area contributed by atoms with Crippen molar-refractivity contribution in [3.8, 4) is 0 Å². The first kappa shape index (κ1) is 12.0. The second-order valence-corrected chi connectivity index (χ2v) is 5.28. The van der Waals surface area contributed by atoms with Gasteiger partial charge in [-0.3, -0.25) is 4.79 Å². The Bertz CT molecular complexity index is 475. The van der Waals surface area contributed by atoms with Crippen LogP contribution < -0.4 is 5.01 Å². The Hall–Kier alpha value is -1.49. The summed E-state index contributed by atoms with van der Waals surface area (Å²) < 4.78 is 0. The van der Waals surface area contributed by atoms with Gasteiger partial charge in [0.05, 0.1) is 12.1 Å². The maximum atomic E-state index is 11.8. The van der Waals surface area contributed by atoms with Crippen LogP contribution in [0.4, 0.5) is 5.82 Å². The van der Waals surface area contributed by atoms with Gasteiger partial charge in [-0.2, -0.15) is 10.1 Å². The Morgan fingerprint density at radius 3 is 2.47 bits per heavy atom. The summed E-state index contributed by atoms with van der Waals surface area (Å²) in [7, 11) is 0. The van der Waals surface area contributed by atoms with Crippen molar-refractivity contribution in [2.75, 3.05) is 5.01 Å². The predicted octanol–water partition coefficient (Wildman–Crippen LogP) is 2.27. The monoisotopic (exact) mass is 252 g/mol. The minimum Gasteiger partial charge on any atom is -0.272 e. The van der Waals surface area contributed by atoms with Gasteiger partial charge >= 0.3 is 0 Å². The van der Waals surface area contributed by atoms with E-state index in [9.17, 15) is 4.79 Å². The van der Waals surface area contributed by atoms with Crippen LogP contribution in [0.3, 0.4) is 0 Å². The lowest BCUT2D eigenvalue weighted by molar-refractivity contribution is -0.117. The fourth-order valence-electron chi connectivity index (χ4n) is 1.45. The van der Waals surface area contributed by atoms with E-state index >= 15 is 0 Å². The van der Waals surface area contributed by atoms with Crippen LogP contribution in [0.2, 0.25) is 5.15 Å². The Morgan fingerprint density at radius 1 is 1.29 bits per heavy atom. The summed E-state index contributed by atoms with van der Waals surface area (Å²) in [6.45, 7) is 6.07. The van der Waals surface area contributed by atoms with Crippen molar-refractivity contribution in [1.82, 2.24) is 10.2 Å². The molecule has 0 aliphatic carbocycles. The fourth-order valence-corrected chi connectivity index (χ4v) is 1.55. The summed E-state index contributed by atoms with van der Waals surface area (Å²) in [5.41, 5.74) is 0.726. The SMILES string of the molecule is CC(C)(C)C1=NN(c2ccc(Cl)nn2)C(=O)C1. The van der Waals surface area contributed by atoms with E-state index in [4.69, 9.17) is 11.6 Å². The molecule has 0 fully saturated rings. The number of halogens is 1. The van der Waals surface area contributed by atoms with E-state index in [0.717, 1.165) is 5.71 Å². The summed E-state index contributed by atoms with van der Waals surface area (Å²) >= 11 is 5.64. The lowest BCUT2D eigenvalue weighted by atomic mass is 9.88. The molecule has 2 rings (SSSR count). The molecule has 1 aliphatic rings. The quantitative estimate of drug-likeness (QED) is 0.770. The first-order valence-electron chi connectivity index (χ1n) is 5.28. The first-order valence-corrected chi connectivity index (χ1v) is 5.66. The van der Waals surface area contributed by atoms with Crippen molar-refractivity contribution >= 4 is 29.0 Å². The normalized spacial score (nSPS) is 16.4. The van der Waals surface area contributed by atoms with Crippen LogP contribution >= 0.6 is 11.6 Å². The Morgan fingerprint density at radius 2 is 2.00 bits per heavy atom. The molecule has 0 saturated carbocycles. The lowest BCUT2D eigenvalue weighted by Gasteiger charge is -2.16. The average Bonchev–Trinajstić information content (AvgIpc) is 2.61. The molecule has 0 unspecified atom stereocenters. The molecule has 17 heavy (non-hydrogen) atoms. The third kappa shape index (κ3) is 2.44. The first-order chi connectivity index (χ1) is 7.88. The van der Waals surface area contributed by atoms with Gasteiger partial charge in [-0.05, 0) is 12.1 Å². The second-order valence-electron chi connectivity index (χ2n) is 4.89. The molecule has 5 nitrogen and oxygen atoms in total. The van der Waals surface area contributed by atoms with Crippen molar-refractivity contribution in [3.63, 3.8) is 0 Å². The highest BCUT2D eigenvalue weighted by molar-refractivity contribution is 6.29. The number of rotatable bonds is 1. The molecule has 2 heterocycles.